The maximum atomic E-state index is 9.27. The van der Waals surface area contributed by atoms with Crippen LogP contribution in [0.2, 0.25) is 10.0 Å². The van der Waals surface area contributed by atoms with Crippen molar-refractivity contribution in [1.82, 2.24) is 0 Å². The zero-order valence-corrected chi connectivity index (χ0v) is 9.96. The van der Waals surface area contributed by atoms with E-state index in [0.717, 1.165) is 16.7 Å². The SMILES string of the molecule is OCc1cc(Cl)ccc1-c1ccc(Cl)cc1. The molecule has 16 heavy (non-hydrogen) atoms. The van der Waals surface area contributed by atoms with Gasteiger partial charge in [-0.15, -0.1) is 0 Å². The van der Waals surface area contributed by atoms with Gasteiger partial charge in [-0.25, -0.2) is 0 Å². The lowest BCUT2D eigenvalue weighted by molar-refractivity contribution is 0.282. The zero-order chi connectivity index (χ0) is 11.5. The van der Waals surface area contributed by atoms with E-state index in [0.29, 0.717) is 10.0 Å². The molecule has 0 spiro atoms. The van der Waals surface area contributed by atoms with Gasteiger partial charge >= 0.3 is 0 Å². The summed E-state index contributed by atoms with van der Waals surface area (Å²) in [4.78, 5) is 0. The number of benzene rings is 2. The summed E-state index contributed by atoms with van der Waals surface area (Å²) in [6.07, 6.45) is 0. The van der Waals surface area contributed by atoms with E-state index in [2.05, 4.69) is 0 Å². The van der Waals surface area contributed by atoms with Gasteiger partial charge in [0.1, 0.15) is 0 Å². The highest BCUT2D eigenvalue weighted by Gasteiger charge is 2.04. The van der Waals surface area contributed by atoms with Crippen molar-refractivity contribution in [3.8, 4) is 11.1 Å². The maximum absolute atomic E-state index is 9.27. The predicted molar refractivity (Wildman–Crippen MR) is 67.8 cm³/mol. The van der Waals surface area contributed by atoms with E-state index >= 15 is 0 Å². The zero-order valence-electron chi connectivity index (χ0n) is 8.45. The third kappa shape index (κ3) is 2.38. The second kappa shape index (κ2) is 4.88. The second-order valence-corrected chi connectivity index (χ2v) is 4.34. The molecule has 3 heteroatoms. The molecule has 2 rings (SSSR count). The first kappa shape index (κ1) is 11.5. The van der Waals surface area contributed by atoms with Crippen molar-refractivity contribution < 1.29 is 5.11 Å². The first-order valence-electron chi connectivity index (χ1n) is 4.86. The van der Waals surface area contributed by atoms with Crippen molar-refractivity contribution in [2.45, 2.75) is 6.61 Å². The highest BCUT2D eigenvalue weighted by Crippen LogP contribution is 2.27. The van der Waals surface area contributed by atoms with Gasteiger partial charge in [0.2, 0.25) is 0 Å². The van der Waals surface area contributed by atoms with Crippen LogP contribution in [0.1, 0.15) is 5.56 Å². The molecule has 0 saturated heterocycles. The first-order chi connectivity index (χ1) is 7.70. The van der Waals surface area contributed by atoms with Crippen molar-refractivity contribution in [3.05, 3.63) is 58.1 Å². The summed E-state index contributed by atoms with van der Waals surface area (Å²) in [5.41, 5.74) is 2.81. The molecule has 0 fully saturated rings. The fourth-order valence-corrected chi connectivity index (χ4v) is 1.92. The van der Waals surface area contributed by atoms with Crippen LogP contribution in [0.25, 0.3) is 11.1 Å². The molecule has 0 unspecified atom stereocenters. The number of aliphatic hydroxyl groups excluding tert-OH is 1. The van der Waals surface area contributed by atoms with Gasteiger partial charge in [0.25, 0.3) is 0 Å². The van der Waals surface area contributed by atoms with Crippen LogP contribution in [0.15, 0.2) is 42.5 Å². The quantitative estimate of drug-likeness (QED) is 0.852. The summed E-state index contributed by atoms with van der Waals surface area (Å²) in [6.45, 7) is -0.0292. The van der Waals surface area contributed by atoms with E-state index in [4.69, 9.17) is 23.2 Å². The van der Waals surface area contributed by atoms with Gasteiger partial charge in [-0.3, -0.25) is 0 Å². The monoisotopic (exact) mass is 252 g/mol. The molecule has 0 amide bonds. The molecular weight excluding hydrogens is 243 g/mol. The van der Waals surface area contributed by atoms with Crippen LogP contribution in [0.4, 0.5) is 0 Å². The van der Waals surface area contributed by atoms with Crippen molar-refractivity contribution in [3.63, 3.8) is 0 Å². The molecule has 0 atom stereocenters. The Kier molecular flexibility index (Phi) is 3.49. The van der Waals surface area contributed by atoms with Crippen molar-refractivity contribution in [2.75, 3.05) is 0 Å². The second-order valence-electron chi connectivity index (χ2n) is 3.47. The minimum Gasteiger partial charge on any atom is -0.392 e. The molecule has 0 saturated carbocycles. The lowest BCUT2D eigenvalue weighted by atomic mass is 10.0. The topological polar surface area (TPSA) is 20.2 Å². The molecule has 0 radical (unpaired) electrons. The molecule has 0 aliphatic carbocycles. The largest absolute Gasteiger partial charge is 0.392 e. The summed E-state index contributed by atoms with van der Waals surface area (Å²) < 4.78 is 0. The van der Waals surface area contributed by atoms with E-state index in [1.807, 2.05) is 36.4 Å². The molecule has 1 nitrogen and oxygen atoms in total. The van der Waals surface area contributed by atoms with Crippen LogP contribution < -0.4 is 0 Å². The molecule has 0 heterocycles. The summed E-state index contributed by atoms with van der Waals surface area (Å²) in [7, 11) is 0. The Hall–Kier alpha value is -1.02. The fraction of sp³-hybridized carbons (Fsp3) is 0.0769. The predicted octanol–water partition coefficient (Wildman–Crippen LogP) is 4.15. The Morgan fingerprint density at radius 2 is 1.50 bits per heavy atom. The normalized spacial score (nSPS) is 10.4. The van der Waals surface area contributed by atoms with Gasteiger partial charge in [0, 0.05) is 10.0 Å². The smallest absolute Gasteiger partial charge is 0.0688 e. The van der Waals surface area contributed by atoms with Crippen LogP contribution >= 0.6 is 23.2 Å². The molecule has 82 valence electrons. The van der Waals surface area contributed by atoms with E-state index < -0.39 is 0 Å². The standard InChI is InChI=1S/C13H10Cl2O/c14-11-3-1-9(2-4-11)13-6-5-12(15)7-10(13)8-16/h1-7,16H,8H2. The summed E-state index contributed by atoms with van der Waals surface area (Å²) >= 11 is 11.7. The van der Waals surface area contributed by atoms with Gasteiger partial charge in [0.15, 0.2) is 0 Å². The maximum Gasteiger partial charge on any atom is 0.0688 e. The van der Waals surface area contributed by atoms with Crippen molar-refractivity contribution in [1.29, 1.82) is 0 Å². The molecule has 0 aliphatic heterocycles. The minimum absolute atomic E-state index is 0.0292. The van der Waals surface area contributed by atoms with Gasteiger partial charge in [-0.2, -0.15) is 0 Å². The van der Waals surface area contributed by atoms with Gasteiger partial charge in [0.05, 0.1) is 6.61 Å². The van der Waals surface area contributed by atoms with Crippen LogP contribution in [-0.2, 0) is 6.61 Å². The van der Waals surface area contributed by atoms with Crippen molar-refractivity contribution in [2.24, 2.45) is 0 Å². The highest BCUT2D eigenvalue weighted by atomic mass is 35.5. The number of rotatable bonds is 2. The number of hydrogen-bond acceptors (Lipinski definition) is 1. The fourth-order valence-electron chi connectivity index (χ4n) is 1.60. The van der Waals surface area contributed by atoms with Gasteiger partial charge < -0.3 is 5.11 Å². The van der Waals surface area contributed by atoms with E-state index in [1.165, 1.54) is 0 Å². The Morgan fingerprint density at radius 3 is 2.12 bits per heavy atom. The van der Waals surface area contributed by atoms with Crippen LogP contribution in [0.3, 0.4) is 0 Å². The number of hydrogen-bond donors (Lipinski definition) is 1. The molecule has 0 aliphatic rings. The molecule has 0 bridgehead atoms. The highest BCUT2D eigenvalue weighted by molar-refractivity contribution is 6.31. The summed E-state index contributed by atoms with van der Waals surface area (Å²) in [5.74, 6) is 0. The number of aliphatic hydroxyl groups is 1. The third-order valence-electron chi connectivity index (χ3n) is 2.39. The Balaban J connectivity index is 2.51. The van der Waals surface area contributed by atoms with E-state index in [-0.39, 0.29) is 6.61 Å². The molecular formula is C13H10Cl2O. The Morgan fingerprint density at radius 1 is 0.875 bits per heavy atom. The van der Waals surface area contributed by atoms with E-state index in [1.54, 1.807) is 6.07 Å². The lowest BCUT2D eigenvalue weighted by Crippen LogP contribution is -1.89. The summed E-state index contributed by atoms with van der Waals surface area (Å²) in [5, 5.41) is 10.6. The first-order valence-corrected chi connectivity index (χ1v) is 5.61. The van der Waals surface area contributed by atoms with Crippen LogP contribution in [0, 0.1) is 0 Å². The third-order valence-corrected chi connectivity index (χ3v) is 2.88. The number of halogens is 2. The van der Waals surface area contributed by atoms with Crippen molar-refractivity contribution >= 4 is 23.2 Å². The van der Waals surface area contributed by atoms with E-state index in [9.17, 15) is 5.11 Å². The van der Waals surface area contributed by atoms with Crippen LogP contribution in [-0.4, -0.2) is 5.11 Å². The Bertz CT molecular complexity index is 492. The molecule has 2 aromatic carbocycles. The average molecular weight is 253 g/mol. The van der Waals surface area contributed by atoms with Crippen LogP contribution in [0.5, 0.6) is 0 Å². The van der Waals surface area contributed by atoms with Gasteiger partial charge in [-0.05, 0) is 41.0 Å². The Labute approximate surface area is 104 Å². The molecule has 0 aromatic heterocycles. The minimum atomic E-state index is -0.0292. The lowest BCUT2D eigenvalue weighted by Gasteiger charge is -2.08. The molecule has 2 aromatic rings. The summed E-state index contributed by atoms with van der Waals surface area (Å²) in [6, 6.07) is 13.0. The molecule has 1 N–H and O–H groups in total. The van der Waals surface area contributed by atoms with Gasteiger partial charge in [-0.1, -0.05) is 41.4 Å². The average Bonchev–Trinajstić information content (AvgIpc) is 2.30.